The van der Waals surface area contributed by atoms with Crippen molar-refractivity contribution in [2.75, 3.05) is 13.2 Å². The van der Waals surface area contributed by atoms with E-state index in [-0.39, 0.29) is 12.8 Å². The molecule has 0 aliphatic heterocycles. The Morgan fingerprint density at radius 1 is 0.535 bits per heavy atom. The van der Waals surface area contributed by atoms with E-state index in [2.05, 4.69) is 47.9 Å². The minimum Gasteiger partial charge on any atom is -0.462 e. The molecule has 0 bridgehead atoms. The van der Waals surface area contributed by atoms with Crippen molar-refractivity contribution in [3.05, 3.63) is 97.2 Å². The van der Waals surface area contributed by atoms with Crippen LogP contribution in [0, 0.1) is 0 Å². The van der Waals surface area contributed by atoms with Gasteiger partial charge in [0.1, 0.15) is 43.2 Å². The number of rotatable bonds is 41. The molecule has 0 spiro atoms. The highest BCUT2D eigenvalue weighted by Gasteiger charge is 2.54. The predicted molar refractivity (Wildman–Crippen MR) is 274 cm³/mol. The molecule has 0 aromatic heterocycles. The van der Waals surface area contributed by atoms with Crippen LogP contribution in [0.25, 0.3) is 0 Å². The highest BCUT2D eigenvalue weighted by Crippen LogP contribution is 2.49. The molecule has 1 aliphatic carbocycles. The van der Waals surface area contributed by atoms with Crippen LogP contribution in [0.2, 0.25) is 0 Å². The number of ether oxygens (including phenoxy) is 2. The summed E-state index contributed by atoms with van der Waals surface area (Å²) in [6.45, 7) is 2.80. The van der Waals surface area contributed by atoms with Crippen molar-refractivity contribution in [2.45, 2.75) is 204 Å². The Kier molecular flexibility index (Phi) is 38.3. The van der Waals surface area contributed by atoms with Crippen molar-refractivity contribution >= 4 is 27.6 Å². The monoisotopic (exact) mass is 1040 g/mol. The average Bonchev–Trinajstić information content (AvgIpc) is 3.32. The Morgan fingerprint density at radius 2 is 1.03 bits per heavy atom. The summed E-state index contributed by atoms with van der Waals surface area (Å²) in [5, 5.41) is 51.1. The lowest BCUT2D eigenvalue weighted by Gasteiger charge is -2.43. The number of hydrogen-bond donors (Lipinski definition) is 8. The predicted octanol–water partition coefficient (Wildman–Crippen LogP) is 9.31. The van der Waals surface area contributed by atoms with Gasteiger partial charge in [-0.25, -0.2) is 9.13 Å². The molecule has 406 valence electrons. The first-order valence-corrected chi connectivity index (χ1v) is 28.4. The van der Waals surface area contributed by atoms with E-state index in [4.69, 9.17) is 18.5 Å². The van der Waals surface area contributed by atoms with Crippen LogP contribution < -0.4 is 0 Å². The van der Waals surface area contributed by atoms with Gasteiger partial charge in [0.25, 0.3) is 0 Å². The van der Waals surface area contributed by atoms with Gasteiger partial charge in [0.15, 0.2) is 6.10 Å². The van der Waals surface area contributed by atoms with Crippen LogP contribution in [-0.2, 0) is 41.8 Å². The topological polar surface area (TPSA) is 276 Å². The van der Waals surface area contributed by atoms with Crippen LogP contribution >= 0.6 is 15.6 Å². The number of esters is 2. The maximum Gasteiger partial charge on any atom is 0.472 e. The second-order valence-corrected chi connectivity index (χ2v) is 19.9. The summed E-state index contributed by atoms with van der Waals surface area (Å²) < 4.78 is 49.4. The lowest BCUT2D eigenvalue weighted by atomic mass is 9.85. The standard InChI is InChI=1S/C52H86O17P2/c1-3-5-7-8-9-10-11-12-13-14-15-16-17-18-19-24-27-30-33-36-40-46(55)67-44(42-66-71(63,64)69-52-49(58)47(56)48(57)51(50(52)59)68-70(60,61)62)41-65-45(54)39-35-32-29-26-23-21-20-22-25-28-31-34-38-43(53)37-6-4-2/h6,10-11,13-14,16-17,20-21,25-26,28-29,31,34,37,43-44,47-53,56-59H,3-5,7-9,12,15,18-19,22-24,27,30,32-33,35-36,38-42H2,1-2H3,(H,63,64)(H2,60,61,62)/b11-10-,14-13-,17-16-,21-20-,28-25-,29-26-,34-31+,37-6-/t43?,44-,47?,48?,49?,50?,51-,52+/m1/s1. The molecule has 1 aliphatic rings. The van der Waals surface area contributed by atoms with Gasteiger partial charge in [-0.1, -0.05) is 156 Å². The molecule has 0 radical (unpaired) electrons. The van der Waals surface area contributed by atoms with Crippen LogP contribution in [0.3, 0.4) is 0 Å². The molecule has 19 heteroatoms. The van der Waals surface area contributed by atoms with Crippen molar-refractivity contribution in [3.8, 4) is 0 Å². The fraction of sp³-hybridized carbons (Fsp3) is 0.654. The van der Waals surface area contributed by atoms with Crippen LogP contribution in [0.4, 0.5) is 0 Å². The highest BCUT2D eigenvalue weighted by atomic mass is 31.2. The van der Waals surface area contributed by atoms with Crippen LogP contribution in [0.15, 0.2) is 97.2 Å². The fourth-order valence-corrected chi connectivity index (χ4v) is 8.57. The summed E-state index contributed by atoms with van der Waals surface area (Å²) in [4.78, 5) is 54.4. The minimum absolute atomic E-state index is 0.00311. The number of hydrogen-bond acceptors (Lipinski definition) is 14. The largest absolute Gasteiger partial charge is 0.472 e. The summed E-state index contributed by atoms with van der Waals surface area (Å²) in [6, 6.07) is 0. The van der Waals surface area contributed by atoms with Gasteiger partial charge in [-0.2, -0.15) is 0 Å². The number of carbonyl (C=O) groups excluding carboxylic acids is 2. The molecule has 0 aromatic rings. The fourth-order valence-electron chi connectivity index (χ4n) is 7.03. The van der Waals surface area contributed by atoms with E-state index in [0.29, 0.717) is 32.1 Å². The second kappa shape index (κ2) is 41.3. The van der Waals surface area contributed by atoms with E-state index in [9.17, 15) is 58.9 Å². The zero-order chi connectivity index (χ0) is 52.6. The van der Waals surface area contributed by atoms with Crippen molar-refractivity contribution in [3.63, 3.8) is 0 Å². The van der Waals surface area contributed by atoms with E-state index in [1.165, 1.54) is 25.7 Å². The molecule has 71 heavy (non-hydrogen) atoms. The van der Waals surface area contributed by atoms with E-state index in [1.54, 1.807) is 6.08 Å². The summed E-state index contributed by atoms with van der Waals surface area (Å²) in [5.74, 6) is -1.32. The van der Waals surface area contributed by atoms with Crippen molar-refractivity contribution in [1.82, 2.24) is 0 Å². The van der Waals surface area contributed by atoms with Gasteiger partial charge in [0.05, 0.1) is 12.7 Å². The van der Waals surface area contributed by atoms with Gasteiger partial charge < -0.3 is 49.7 Å². The molecule has 8 N–H and O–H groups in total. The molecular formula is C52H86O17P2. The van der Waals surface area contributed by atoms with E-state index in [0.717, 1.165) is 70.6 Å². The molecular weight excluding hydrogens is 959 g/mol. The molecule has 0 saturated heterocycles. The zero-order valence-electron chi connectivity index (χ0n) is 42.0. The average molecular weight is 1050 g/mol. The highest BCUT2D eigenvalue weighted by molar-refractivity contribution is 7.47. The molecule has 1 rings (SSSR count). The van der Waals surface area contributed by atoms with Gasteiger partial charge in [-0.15, -0.1) is 0 Å². The van der Waals surface area contributed by atoms with Crippen molar-refractivity contribution in [1.29, 1.82) is 0 Å². The van der Waals surface area contributed by atoms with Gasteiger partial charge in [0, 0.05) is 12.8 Å². The smallest absolute Gasteiger partial charge is 0.462 e. The van der Waals surface area contributed by atoms with Gasteiger partial charge in [-0.3, -0.25) is 23.2 Å². The maximum atomic E-state index is 13.0. The van der Waals surface area contributed by atoms with Gasteiger partial charge in [-0.05, 0) is 83.5 Å². The quantitative estimate of drug-likeness (QED) is 0.00931. The third-order valence-electron chi connectivity index (χ3n) is 11.0. The molecule has 6 unspecified atom stereocenters. The number of allylic oxidation sites excluding steroid dienone is 14. The normalized spacial score (nSPS) is 22.1. The molecule has 0 amide bonds. The number of aliphatic hydroxyl groups excluding tert-OH is 5. The van der Waals surface area contributed by atoms with Gasteiger partial charge in [0.2, 0.25) is 0 Å². The zero-order valence-corrected chi connectivity index (χ0v) is 43.8. The van der Waals surface area contributed by atoms with E-state index >= 15 is 0 Å². The SMILES string of the molecule is CC/C=C\C(O)C/C=C/C=C\C/C=C\C/C=C\CCCC(=O)OC[C@H](COP(=O)(O)O[C@H]1C(O)C(O)C(O)[C@@H](OP(=O)(O)O)C1O)OC(=O)CCCCCCCC/C=C\C/C=C\C/C=C\CCCCCC. The third-order valence-corrected chi connectivity index (χ3v) is 12.5. The van der Waals surface area contributed by atoms with Crippen LogP contribution in [-0.4, -0.2) is 114 Å². The summed E-state index contributed by atoms with van der Waals surface area (Å²) in [5.41, 5.74) is 0. The third kappa shape index (κ3) is 35.6. The van der Waals surface area contributed by atoms with Crippen LogP contribution in [0.1, 0.15) is 155 Å². The summed E-state index contributed by atoms with van der Waals surface area (Å²) >= 11 is 0. The number of aliphatic hydroxyl groups is 5. The molecule has 0 heterocycles. The Labute approximate surface area is 422 Å². The first kappa shape index (κ1) is 65.9. The number of phosphoric acid groups is 2. The maximum absolute atomic E-state index is 13.0. The molecule has 1 fully saturated rings. The van der Waals surface area contributed by atoms with E-state index in [1.807, 2.05) is 61.6 Å². The summed E-state index contributed by atoms with van der Waals surface area (Å²) in [7, 11) is -10.7. The van der Waals surface area contributed by atoms with Gasteiger partial charge >= 0.3 is 27.6 Å². The Hall–Kier alpha value is -3.12. The Bertz CT molecular complexity index is 1750. The Balaban J connectivity index is 2.62. The summed E-state index contributed by atoms with van der Waals surface area (Å²) in [6.07, 6.45) is 35.5. The van der Waals surface area contributed by atoms with Crippen LogP contribution in [0.5, 0.6) is 0 Å². The van der Waals surface area contributed by atoms with E-state index < -0.39 is 89.6 Å². The second-order valence-electron chi connectivity index (χ2n) is 17.3. The lowest BCUT2D eigenvalue weighted by molar-refractivity contribution is -0.216. The van der Waals surface area contributed by atoms with Crippen molar-refractivity contribution in [2.24, 2.45) is 0 Å². The Morgan fingerprint density at radius 3 is 1.61 bits per heavy atom. The molecule has 17 nitrogen and oxygen atoms in total. The minimum atomic E-state index is -5.38. The molecule has 1 saturated carbocycles. The molecule has 0 aromatic carbocycles. The van der Waals surface area contributed by atoms with Crippen molar-refractivity contribution < 1.29 is 82.0 Å². The molecule has 9 atom stereocenters. The number of unbranched alkanes of at least 4 members (excludes halogenated alkanes) is 11. The number of phosphoric ester groups is 2. The first-order chi connectivity index (χ1) is 34.0. The number of carbonyl (C=O) groups is 2. The lowest BCUT2D eigenvalue weighted by Crippen LogP contribution is -2.64. The first-order valence-electron chi connectivity index (χ1n) is 25.4.